The second-order valence-electron chi connectivity index (χ2n) is 4.55. The van der Waals surface area contributed by atoms with Crippen molar-refractivity contribution >= 4 is 5.52 Å². The molecule has 0 spiro atoms. The number of benzene rings is 1. The van der Waals surface area contributed by atoms with Crippen molar-refractivity contribution in [1.29, 1.82) is 0 Å². The maximum Gasteiger partial charge on any atom is 0.115 e. The van der Waals surface area contributed by atoms with Crippen molar-refractivity contribution in [2.24, 2.45) is 0 Å². The number of pyridine rings is 1. The lowest BCUT2D eigenvalue weighted by Crippen LogP contribution is -2.12. The summed E-state index contributed by atoms with van der Waals surface area (Å²) in [5.41, 5.74) is 3.40. The minimum Gasteiger partial charge on any atom is -0.319 e. The van der Waals surface area contributed by atoms with Gasteiger partial charge < -0.3 is 9.72 Å². The molecule has 0 aliphatic rings. The molecule has 0 amide bonds. The normalized spacial score (nSPS) is 11.0. The number of nitrogens with one attached hydrogen (secondary N) is 1. The Hall–Kier alpha value is -2.13. The molecule has 0 unspecified atom stereocenters. The van der Waals surface area contributed by atoms with Crippen molar-refractivity contribution < 1.29 is 0 Å². The molecule has 3 heteroatoms. The molecule has 0 radical (unpaired) electrons. The van der Waals surface area contributed by atoms with Gasteiger partial charge in [-0.15, -0.1) is 0 Å². The van der Waals surface area contributed by atoms with E-state index in [1.165, 1.54) is 11.1 Å². The molecule has 3 aromatic rings. The largest absolute Gasteiger partial charge is 0.319 e. The van der Waals surface area contributed by atoms with Crippen LogP contribution in [0.1, 0.15) is 5.82 Å². The summed E-state index contributed by atoms with van der Waals surface area (Å²) in [6, 6.07) is 16.6. The Morgan fingerprint density at radius 1 is 1.05 bits per heavy atom. The number of rotatable bonds is 4. The second-order valence-corrected chi connectivity index (χ2v) is 4.55. The van der Waals surface area contributed by atoms with Gasteiger partial charge in [0.1, 0.15) is 5.82 Å². The summed E-state index contributed by atoms with van der Waals surface area (Å²) in [5.74, 6) is 1.10. The summed E-state index contributed by atoms with van der Waals surface area (Å²) in [6.45, 7) is 0.933. The fourth-order valence-electron chi connectivity index (χ4n) is 2.32. The zero-order chi connectivity index (χ0) is 13.1. The molecular weight excluding hydrogens is 234 g/mol. The molecular formula is C16H17N3. The molecule has 1 aromatic carbocycles. The molecule has 96 valence electrons. The molecule has 3 nitrogen and oxygen atoms in total. The lowest BCUT2D eigenvalue weighted by molar-refractivity contribution is 0.753. The molecule has 0 saturated carbocycles. The molecule has 2 heterocycles. The fourth-order valence-corrected chi connectivity index (χ4v) is 2.32. The van der Waals surface area contributed by atoms with Gasteiger partial charge in [-0.3, -0.25) is 0 Å². The maximum absolute atomic E-state index is 4.82. The van der Waals surface area contributed by atoms with E-state index in [1.54, 1.807) is 0 Å². The van der Waals surface area contributed by atoms with Crippen LogP contribution >= 0.6 is 0 Å². The first kappa shape index (κ1) is 11.9. The third-order valence-corrected chi connectivity index (χ3v) is 3.27. The summed E-state index contributed by atoms with van der Waals surface area (Å²) in [5, 5.41) is 3.18. The van der Waals surface area contributed by atoms with Crippen LogP contribution in [0.15, 0.2) is 54.7 Å². The van der Waals surface area contributed by atoms with Gasteiger partial charge in [0.15, 0.2) is 0 Å². The van der Waals surface area contributed by atoms with Crippen molar-refractivity contribution in [2.75, 3.05) is 13.6 Å². The van der Waals surface area contributed by atoms with Crippen LogP contribution in [0, 0.1) is 0 Å². The van der Waals surface area contributed by atoms with Crippen molar-refractivity contribution in [3.05, 3.63) is 60.6 Å². The van der Waals surface area contributed by atoms with Gasteiger partial charge in [0.2, 0.25) is 0 Å². The summed E-state index contributed by atoms with van der Waals surface area (Å²) in [7, 11) is 1.97. The minimum absolute atomic E-state index is 0.925. The topological polar surface area (TPSA) is 29.3 Å². The quantitative estimate of drug-likeness (QED) is 0.772. The third-order valence-electron chi connectivity index (χ3n) is 3.27. The van der Waals surface area contributed by atoms with E-state index in [2.05, 4.69) is 52.3 Å². The molecule has 0 fully saturated rings. The molecule has 1 N–H and O–H groups in total. The van der Waals surface area contributed by atoms with E-state index in [-0.39, 0.29) is 0 Å². The molecule has 19 heavy (non-hydrogen) atoms. The van der Waals surface area contributed by atoms with Gasteiger partial charge in [0.25, 0.3) is 0 Å². The fraction of sp³-hybridized carbons (Fsp3) is 0.188. The highest BCUT2D eigenvalue weighted by atomic mass is 15.0. The molecule has 0 saturated heterocycles. The SMILES string of the molecule is CNCCc1nc(-c2ccccc2)c2ccccn12. The highest BCUT2D eigenvalue weighted by Gasteiger charge is 2.11. The molecule has 0 atom stereocenters. The van der Waals surface area contributed by atoms with Crippen LogP contribution in [0.2, 0.25) is 0 Å². The van der Waals surface area contributed by atoms with Crippen molar-refractivity contribution in [1.82, 2.24) is 14.7 Å². The Balaban J connectivity index is 2.15. The Labute approximate surface area is 112 Å². The van der Waals surface area contributed by atoms with Crippen LogP contribution < -0.4 is 5.32 Å². The second kappa shape index (κ2) is 5.24. The molecule has 0 aliphatic carbocycles. The highest BCUT2D eigenvalue weighted by molar-refractivity contribution is 5.77. The first-order valence-electron chi connectivity index (χ1n) is 6.56. The number of aromatic nitrogens is 2. The van der Waals surface area contributed by atoms with Crippen LogP contribution in [0.4, 0.5) is 0 Å². The predicted molar refractivity (Wildman–Crippen MR) is 78.3 cm³/mol. The Kier molecular flexibility index (Phi) is 3.29. The summed E-state index contributed by atoms with van der Waals surface area (Å²) in [4.78, 5) is 4.82. The number of imidazole rings is 1. The number of hydrogen-bond donors (Lipinski definition) is 1. The van der Waals surface area contributed by atoms with Crippen LogP contribution in [-0.2, 0) is 6.42 Å². The van der Waals surface area contributed by atoms with E-state index in [0.29, 0.717) is 0 Å². The number of likely N-dealkylation sites (N-methyl/N-ethyl adjacent to an activating group) is 1. The van der Waals surface area contributed by atoms with Crippen molar-refractivity contribution in [3.63, 3.8) is 0 Å². The summed E-state index contributed by atoms with van der Waals surface area (Å²) < 4.78 is 2.18. The smallest absolute Gasteiger partial charge is 0.115 e. The summed E-state index contributed by atoms with van der Waals surface area (Å²) >= 11 is 0. The van der Waals surface area contributed by atoms with E-state index in [0.717, 1.165) is 24.5 Å². The van der Waals surface area contributed by atoms with E-state index < -0.39 is 0 Å². The summed E-state index contributed by atoms with van der Waals surface area (Å²) in [6.07, 6.45) is 3.01. The Bertz CT molecular complexity index is 671. The standard InChI is InChI=1S/C16H17N3/c1-17-11-10-15-18-16(13-7-3-2-4-8-13)14-9-5-6-12-19(14)15/h2-9,12,17H,10-11H2,1H3. The first-order valence-corrected chi connectivity index (χ1v) is 6.56. The number of fused-ring (bicyclic) bond motifs is 1. The lowest BCUT2D eigenvalue weighted by Gasteiger charge is -1.99. The van der Waals surface area contributed by atoms with Crippen LogP contribution in [-0.4, -0.2) is 23.0 Å². The maximum atomic E-state index is 4.82. The molecule has 2 aromatic heterocycles. The van der Waals surface area contributed by atoms with Gasteiger partial charge in [-0.2, -0.15) is 0 Å². The number of nitrogens with zero attached hydrogens (tertiary/aromatic N) is 2. The Morgan fingerprint density at radius 3 is 2.63 bits per heavy atom. The molecule has 3 rings (SSSR count). The highest BCUT2D eigenvalue weighted by Crippen LogP contribution is 2.24. The monoisotopic (exact) mass is 251 g/mol. The zero-order valence-corrected chi connectivity index (χ0v) is 11.0. The van der Waals surface area contributed by atoms with Crippen LogP contribution in [0.3, 0.4) is 0 Å². The number of hydrogen-bond acceptors (Lipinski definition) is 2. The van der Waals surface area contributed by atoms with E-state index in [1.807, 2.05) is 19.2 Å². The van der Waals surface area contributed by atoms with Gasteiger partial charge in [-0.25, -0.2) is 4.98 Å². The van der Waals surface area contributed by atoms with Gasteiger partial charge in [0, 0.05) is 24.7 Å². The van der Waals surface area contributed by atoms with E-state index >= 15 is 0 Å². The van der Waals surface area contributed by atoms with E-state index in [9.17, 15) is 0 Å². The van der Waals surface area contributed by atoms with Gasteiger partial charge >= 0.3 is 0 Å². The zero-order valence-electron chi connectivity index (χ0n) is 11.0. The third kappa shape index (κ3) is 2.25. The minimum atomic E-state index is 0.925. The van der Waals surface area contributed by atoms with Gasteiger partial charge in [-0.05, 0) is 19.2 Å². The first-order chi connectivity index (χ1) is 9.40. The van der Waals surface area contributed by atoms with Crippen LogP contribution in [0.5, 0.6) is 0 Å². The lowest BCUT2D eigenvalue weighted by atomic mass is 10.1. The average Bonchev–Trinajstić information content (AvgIpc) is 2.85. The predicted octanol–water partition coefficient (Wildman–Crippen LogP) is 2.76. The molecule has 0 bridgehead atoms. The Morgan fingerprint density at radius 2 is 1.84 bits per heavy atom. The van der Waals surface area contributed by atoms with Crippen molar-refractivity contribution in [3.8, 4) is 11.3 Å². The van der Waals surface area contributed by atoms with Crippen LogP contribution in [0.25, 0.3) is 16.8 Å². The van der Waals surface area contributed by atoms with Gasteiger partial charge in [0.05, 0.1) is 11.2 Å². The van der Waals surface area contributed by atoms with E-state index in [4.69, 9.17) is 4.98 Å². The molecule has 0 aliphatic heterocycles. The van der Waals surface area contributed by atoms with Crippen molar-refractivity contribution in [2.45, 2.75) is 6.42 Å². The van der Waals surface area contributed by atoms with Gasteiger partial charge in [-0.1, -0.05) is 36.4 Å². The average molecular weight is 251 g/mol.